The average molecular weight is 433 g/mol. The molecule has 0 amide bonds. The normalized spacial score (nSPS) is 21.5. The van der Waals surface area contributed by atoms with Gasteiger partial charge in [0.2, 0.25) is 8.32 Å². The first-order valence-corrected chi connectivity index (χ1v) is 12.5. The van der Waals surface area contributed by atoms with Crippen LogP contribution in [-0.2, 0) is 29.1 Å². The monoisotopic (exact) mass is 432 g/mol. The number of carbonyl (C=O) groups is 2. The van der Waals surface area contributed by atoms with Gasteiger partial charge in [-0.3, -0.25) is 0 Å². The lowest BCUT2D eigenvalue weighted by atomic mass is 9.87. The van der Waals surface area contributed by atoms with Crippen LogP contribution in [0, 0.1) is 0 Å². The molecule has 166 valence electrons. The summed E-state index contributed by atoms with van der Waals surface area (Å²) in [5.41, 5.74) is -0.00851. The highest BCUT2D eigenvalue weighted by molar-refractivity contribution is 6.90. The molecule has 0 saturated heterocycles. The lowest BCUT2D eigenvalue weighted by molar-refractivity contribution is -0.142. The van der Waals surface area contributed by atoms with Crippen molar-refractivity contribution in [3.8, 4) is 0 Å². The Kier molecular flexibility index (Phi) is 6.74. The van der Waals surface area contributed by atoms with Gasteiger partial charge in [-0.05, 0) is 36.4 Å². The highest BCUT2D eigenvalue weighted by atomic mass is 28.4. The zero-order chi connectivity index (χ0) is 23.0. The van der Waals surface area contributed by atoms with E-state index in [-0.39, 0.29) is 18.8 Å². The van der Waals surface area contributed by atoms with E-state index in [0.29, 0.717) is 5.20 Å². The van der Waals surface area contributed by atoms with E-state index in [4.69, 9.17) is 13.9 Å². The molecular formula is C24H36O5Si. The SMILES string of the molecule is CCOC(=O)C1=C(C(=O)OCC)[Si](C(C)(C)C)(C(C)(C)C)OC1(C)c1ccccc1. The highest BCUT2D eigenvalue weighted by Crippen LogP contribution is 2.63. The molecule has 0 saturated carbocycles. The van der Waals surface area contributed by atoms with Crippen LogP contribution in [0.15, 0.2) is 41.1 Å². The van der Waals surface area contributed by atoms with Gasteiger partial charge in [-0.25, -0.2) is 9.59 Å². The summed E-state index contributed by atoms with van der Waals surface area (Å²) in [6, 6.07) is 9.59. The third-order valence-electron chi connectivity index (χ3n) is 5.83. The summed E-state index contributed by atoms with van der Waals surface area (Å²) in [4.78, 5) is 26.8. The molecule has 0 bridgehead atoms. The first-order valence-electron chi connectivity index (χ1n) is 10.6. The van der Waals surface area contributed by atoms with Gasteiger partial charge < -0.3 is 13.9 Å². The molecule has 30 heavy (non-hydrogen) atoms. The molecule has 1 heterocycles. The molecule has 1 unspecified atom stereocenters. The van der Waals surface area contributed by atoms with E-state index in [1.165, 1.54) is 0 Å². The lowest BCUT2D eigenvalue weighted by Gasteiger charge is -2.50. The Morgan fingerprint density at radius 3 is 1.80 bits per heavy atom. The summed E-state index contributed by atoms with van der Waals surface area (Å²) < 4.78 is 18.0. The van der Waals surface area contributed by atoms with Crippen LogP contribution in [0.5, 0.6) is 0 Å². The summed E-state index contributed by atoms with van der Waals surface area (Å²) >= 11 is 0. The van der Waals surface area contributed by atoms with Crippen LogP contribution in [0.3, 0.4) is 0 Å². The topological polar surface area (TPSA) is 61.8 Å². The van der Waals surface area contributed by atoms with Crippen LogP contribution in [0.25, 0.3) is 0 Å². The lowest BCUT2D eigenvalue weighted by Crippen LogP contribution is -2.57. The van der Waals surface area contributed by atoms with Crippen LogP contribution >= 0.6 is 0 Å². The van der Waals surface area contributed by atoms with Gasteiger partial charge in [-0.1, -0.05) is 71.9 Å². The minimum Gasteiger partial charge on any atom is -0.463 e. The van der Waals surface area contributed by atoms with Crippen molar-refractivity contribution >= 4 is 20.3 Å². The fourth-order valence-electron chi connectivity index (χ4n) is 4.91. The second kappa shape index (κ2) is 8.31. The summed E-state index contributed by atoms with van der Waals surface area (Å²) in [5.74, 6) is -0.994. The molecular weight excluding hydrogens is 396 g/mol. The van der Waals surface area contributed by atoms with Crippen molar-refractivity contribution in [2.45, 2.75) is 78.0 Å². The minimum atomic E-state index is -3.13. The van der Waals surface area contributed by atoms with E-state index in [9.17, 15) is 9.59 Å². The summed E-state index contributed by atoms with van der Waals surface area (Å²) in [6.07, 6.45) is 0. The second-order valence-corrected chi connectivity index (χ2v) is 14.9. The van der Waals surface area contributed by atoms with Crippen molar-refractivity contribution in [1.29, 1.82) is 0 Å². The van der Waals surface area contributed by atoms with E-state index in [1.54, 1.807) is 13.8 Å². The number of rotatable bonds is 5. The standard InChI is InChI=1S/C24H36O5Si/c1-10-27-20(25)18-19(21(26)28-11-2)30(22(3,4)5,23(6,7)8)29-24(18,9)17-15-13-12-14-16-17/h12-16H,10-11H2,1-9H3. The highest BCUT2D eigenvalue weighted by Gasteiger charge is 2.69. The maximum atomic E-state index is 13.5. The number of hydrogen-bond acceptors (Lipinski definition) is 5. The number of ether oxygens (including phenoxy) is 2. The quantitative estimate of drug-likeness (QED) is 0.458. The third-order valence-corrected chi connectivity index (χ3v) is 11.9. The molecule has 0 radical (unpaired) electrons. The molecule has 1 aromatic carbocycles. The molecule has 1 atom stereocenters. The van der Waals surface area contributed by atoms with Crippen LogP contribution in [0.4, 0.5) is 0 Å². The predicted molar refractivity (Wildman–Crippen MR) is 120 cm³/mol. The van der Waals surface area contributed by atoms with Crippen LogP contribution < -0.4 is 0 Å². The molecule has 0 aliphatic carbocycles. The molecule has 0 aromatic heterocycles. The molecule has 1 aromatic rings. The van der Waals surface area contributed by atoms with E-state index < -0.39 is 35.9 Å². The van der Waals surface area contributed by atoms with Crippen molar-refractivity contribution in [3.63, 3.8) is 0 Å². The fourth-order valence-corrected chi connectivity index (χ4v) is 11.3. The summed E-state index contributed by atoms with van der Waals surface area (Å²) in [5, 5.41) is -0.385. The van der Waals surface area contributed by atoms with Crippen molar-refractivity contribution in [1.82, 2.24) is 0 Å². The molecule has 6 heteroatoms. The Morgan fingerprint density at radius 1 is 0.900 bits per heavy atom. The number of carbonyl (C=O) groups excluding carboxylic acids is 2. The molecule has 5 nitrogen and oxygen atoms in total. The average Bonchev–Trinajstić information content (AvgIpc) is 2.95. The van der Waals surface area contributed by atoms with Crippen LogP contribution in [-0.4, -0.2) is 33.5 Å². The summed E-state index contributed by atoms with van der Waals surface area (Å²) in [6.45, 7) is 18.4. The van der Waals surface area contributed by atoms with E-state index in [0.717, 1.165) is 5.56 Å². The Bertz CT molecular complexity index is 815. The molecule has 0 N–H and O–H groups in total. The molecule has 1 aliphatic heterocycles. The van der Waals surface area contributed by atoms with E-state index >= 15 is 0 Å². The maximum Gasteiger partial charge on any atom is 0.337 e. The fraction of sp³-hybridized carbons (Fsp3) is 0.583. The zero-order valence-corrected chi connectivity index (χ0v) is 20.8. The maximum absolute atomic E-state index is 13.5. The van der Waals surface area contributed by atoms with E-state index in [1.807, 2.05) is 37.3 Å². The molecule has 2 rings (SSSR count). The van der Waals surface area contributed by atoms with Crippen molar-refractivity contribution in [2.75, 3.05) is 13.2 Å². The van der Waals surface area contributed by atoms with Crippen molar-refractivity contribution in [2.24, 2.45) is 0 Å². The Labute approximate surface area is 181 Å². The van der Waals surface area contributed by atoms with Crippen molar-refractivity contribution in [3.05, 3.63) is 46.7 Å². The minimum absolute atomic E-state index is 0.211. The van der Waals surface area contributed by atoms with Gasteiger partial charge in [-0.2, -0.15) is 0 Å². The number of benzene rings is 1. The first kappa shape index (κ1) is 24.3. The third kappa shape index (κ3) is 3.76. The predicted octanol–water partition coefficient (Wildman–Crippen LogP) is 5.44. The van der Waals surface area contributed by atoms with Gasteiger partial charge in [0.25, 0.3) is 0 Å². The second-order valence-electron chi connectivity index (χ2n) is 9.87. The Balaban J connectivity index is 3.02. The van der Waals surface area contributed by atoms with Gasteiger partial charge in [0, 0.05) is 0 Å². The van der Waals surface area contributed by atoms with Gasteiger partial charge in [0.15, 0.2) is 0 Å². The van der Waals surface area contributed by atoms with Gasteiger partial charge in [0.1, 0.15) is 5.60 Å². The smallest absolute Gasteiger partial charge is 0.337 e. The molecule has 1 aliphatic rings. The zero-order valence-electron chi connectivity index (χ0n) is 19.8. The van der Waals surface area contributed by atoms with Crippen LogP contribution in [0.1, 0.15) is 67.9 Å². The number of hydrogen-bond donors (Lipinski definition) is 0. The van der Waals surface area contributed by atoms with Gasteiger partial charge in [0.05, 0.1) is 24.0 Å². The number of esters is 2. The van der Waals surface area contributed by atoms with Gasteiger partial charge in [-0.15, -0.1) is 0 Å². The van der Waals surface area contributed by atoms with Crippen molar-refractivity contribution < 1.29 is 23.5 Å². The molecule has 0 spiro atoms. The molecule has 0 fully saturated rings. The van der Waals surface area contributed by atoms with Crippen LogP contribution in [0.2, 0.25) is 10.1 Å². The van der Waals surface area contributed by atoms with E-state index in [2.05, 4.69) is 41.5 Å². The summed E-state index contributed by atoms with van der Waals surface area (Å²) in [7, 11) is -3.13. The first-order chi connectivity index (χ1) is 13.8. The Hall–Kier alpha value is -1.92. The largest absolute Gasteiger partial charge is 0.463 e. The van der Waals surface area contributed by atoms with Gasteiger partial charge >= 0.3 is 11.9 Å². The Morgan fingerprint density at radius 2 is 1.37 bits per heavy atom.